The van der Waals surface area contributed by atoms with E-state index in [0.717, 1.165) is 6.42 Å². The van der Waals surface area contributed by atoms with Crippen LogP contribution in [0.15, 0.2) is 12.2 Å². The Balaban J connectivity index is 2.12. The fourth-order valence-corrected chi connectivity index (χ4v) is 3.10. The van der Waals surface area contributed by atoms with Crippen molar-refractivity contribution < 1.29 is 19.0 Å². The van der Waals surface area contributed by atoms with Crippen LogP contribution in [-0.2, 0) is 19.0 Å². The molecule has 0 unspecified atom stereocenters. The Morgan fingerprint density at radius 2 is 1.94 bits per heavy atom. The van der Waals surface area contributed by atoms with Crippen molar-refractivity contribution in [2.45, 2.75) is 12.7 Å². The molecule has 0 amide bonds. The number of ether oxygens (including phenoxy) is 3. The molecule has 0 aliphatic heterocycles. The van der Waals surface area contributed by atoms with Crippen LogP contribution in [-0.4, -0.2) is 33.6 Å². The van der Waals surface area contributed by atoms with E-state index in [0.29, 0.717) is 5.92 Å². The van der Waals surface area contributed by atoms with Crippen LogP contribution in [0.4, 0.5) is 0 Å². The lowest BCUT2D eigenvalue weighted by Crippen LogP contribution is -2.31. The third-order valence-electron chi connectivity index (χ3n) is 3.79. The summed E-state index contributed by atoms with van der Waals surface area (Å²) in [5.74, 6) is 0.672. The molecule has 0 heterocycles. The first kappa shape index (κ1) is 11.6. The van der Waals surface area contributed by atoms with Crippen molar-refractivity contribution in [2.75, 3.05) is 21.3 Å². The van der Waals surface area contributed by atoms with Crippen LogP contribution in [0.1, 0.15) is 6.42 Å². The third-order valence-corrected chi connectivity index (χ3v) is 3.79. The van der Waals surface area contributed by atoms with Gasteiger partial charge < -0.3 is 14.2 Å². The summed E-state index contributed by atoms with van der Waals surface area (Å²) in [6.45, 7) is 0. The summed E-state index contributed by atoms with van der Waals surface area (Å²) in [6.07, 6.45) is 4.88. The lowest BCUT2D eigenvalue weighted by Gasteiger charge is -2.25. The van der Waals surface area contributed by atoms with Crippen LogP contribution < -0.4 is 0 Å². The van der Waals surface area contributed by atoms with Gasteiger partial charge in [0.15, 0.2) is 6.29 Å². The molecule has 4 heteroatoms. The number of hydrogen-bond acceptors (Lipinski definition) is 4. The summed E-state index contributed by atoms with van der Waals surface area (Å²) in [4.78, 5) is 11.6. The number of carbonyl (C=O) groups is 1. The van der Waals surface area contributed by atoms with Crippen molar-refractivity contribution in [3.05, 3.63) is 12.2 Å². The van der Waals surface area contributed by atoms with E-state index in [1.54, 1.807) is 14.2 Å². The molecular formula is C12H18O4. The molecule has 2 bridgehead atoms. The fraction of sp³-hybridized carbons (Fsp3) is 0.750. The third kappa shape index (κ3) is 1.66. The van der Waals surface area contributed by atoms with Gasteiger partial charge in [-0.05, 0) is 18.3 Å². The Labute approximate surface area is 95.6 Å². The summed E-state index contributed by atoms with van der Waals surface area (Å²) >= 11 is 0. The Morgan fingerprint density at radius 1 is 1.25 bits per heavy atom. The monoisotopic (exact) mass is 226 g/mol. The van der Waals surface area contributed by atoms with E-state index in [4.69, 9.17) is 14.2 Å². The first-order valence-corrected chi connectivity index (χ1v) is 5.54. The Kier molecular flexibility index (Phi) is 3.30. The number of esters is 1. The Morgan fingerprint density at radius 3 is 2.50 bits per heavy atom. The smallest absolute Gasteiger partial charge is 0.309 e. The molecule has 0 spiro atoms. The van der Waals surface area contributed by atoms with Gasteiger partial charge in [0.2, 0.25) is 0 Å². The highest BCUT2D eigenvalue weighted by atomic mass is 16.7. The van der Waals surface area contributed by atoms with E-state index in [9.17, 15) is 4.79 Å². The number of carbonyl (C=O) groups excluding carboxylic acids is 1. The second kappa shape index (κ2) is 4.55. The summed E-state index contributed by atoms with van der Waals surface area (Å²) in [5, 5.41) is 0. The molecule has 4 nitrogen and oxygen atoms in total. The van der Waals surface area contributed by atoms with Gasteiger partial charge in [0.1, 0.15) is 0 Å². The zero-order chi connectivity index (χ0) is 11.7. The molecule has 0 aromatic rings. The second-order valence-electron chi connectivity index (χ2n) is 4.41. The summed E-state index contributed by atoms with van der Waals surface area (Å²) in [7, 11) is 4.72. The first-order chi connectivity index (χ1) is 7.72. The standard InChI is InChI=1S/C12H18O4/c1-14-11(13)9-6-7-4-5-8(9)10(7)12(15-2)16-3/h4-5,7-10,12H,6H2,1-3H3/t7-,8+,9+,10+/m1/s1. The highest BCUT2D eigenvalue weighted by Crippen LogP contribution is 2.50. The predicted molar refractivity (Wildman–Crippen MR) is 57.5 cm³/mol. The quantitative estimate of drug-likeness (QED) is 0.411. The van der Waals surface area contributed by atoms with Crippen LogP contribution in [0.3, 0.4) is 0 Å². The average molecular weight is 226 g/mol. The van der Waals surface area contributed by atoms with Crippen molar-refractivity contribution in [3.8, 4) is 0 Å². The zero-order valence-electron chi connectivity index (χ0n) is 9.88. The highest BCUT2D eigenvalue weighted by Gasteiger charge is 2.51. The van der Waals surface area contributed by atoms with E-state index in [-0.39, 0.29) is 30.0 Å². The molecule has 0 aromatic heterocycles. The minimum Gasteiger partial charge on any atom is -0.469 e. The van der Waals surface area contributed by atoms with E-state index >= 15 is 0 Å². The minimum absolute atomic E-state index is 0.0298. The summed E-state index contributed by atoms with van der Waals surface area (Å²) in [5.41, 5.74) is 0. The Bertz CT molecular complexity index is 295. The van der Waals surface area contributed by atoms with Crippen LogP contribution in [0, 0.1) is 23.7 Å². The van der Waals surface area contributed by atoms with Crippen molar-refractivity contribution in [2.24, 2.45) is 23.7 Å². The molecule has 90 valence electrons. The van der Waals surface area contributed by atoms with Gasteiger partial charge in [-0.2, -0.15) is 0 Å². The maximum Gasteiger partial charge on any atom is 0.309 e. The first-order valence-electron chi connectivity index (χ1n) is 5.54. The Hall–Kier alpha value is -0.870. The van der Waals surface area contributed by atoms with Crippen molar-refractivity contribution >= 4 is 5.97 Å². The van der Waals surface area contributed by atoms with Crippen LogP contribution in [0.25, 0.3) is 0 Å². The van der Waals surface area contributed by atoms with E-state index in [1.165, 1.54) is 7.11 Å². The maximum absolute atomic E-state index is 11.6. The molecule has 0 N–H and O–H groups in total. The normalized spacial score (nSPS) is 36.0. The van der Waals surface area contributed by atoms with Gasteiger partial charge in [-0.15, -0.1) is 0 Å². The summed E-state index contributed by atoms with van der Waals surface area (Å²) < 4.78 is 15.5. The van der Waals surface area contributed by atoms with Crippen molar-refractivity contribution in [1.29, 1.82) is 0 Å². The number of methoxy groups -OCH3 is 3. The molecule has 0 aromatic carbocycles. The van der Waals surface area contributed by atoms with Crippen LogP contribution >= 0.6 is 0 Å². The van der Waals surface area contributed by atoms with Gasteiger partial charge >= 0.3 is 5.97 Å². The number of allylic oxidation sites excluding steroid dienone is 2. The van der Waals surface area contributed by atoms with E-state index in [1.807, 2.05) is 0 Å². The van der Waals surface area contributed by atoms with Gasteiger partial charge in [-0.3, -0.25) is 4.79 Å². The van der Waals surface area contributed by atoms with Gasteiger partial charge in [0, 0.05) is 20.1 Å². The SMILES string of the molecule is COC(=O)[C@H]1C[C@H]2C=C[C@@H]1[C@H]2C(OC)OC. The van der Waals surface area contributed by atoms with Crippen LogP contribution in [0.5, 0.6) is 0 Å². The largest absolute Gasteiger partial charge is 0.469 e. The average Bonchev–Trinajstić information content (AvgIpc) is 2.88. The van der Waals surface area contributed by atoms with Gasteiger partial charge in [0.25, 0.3) is 0 Å². The molecular weight excluding hydrogens is 208 g/mol. The molecule has 16 heavy (non-hydrogen) atoms. The number of rotatable bonds is 4. The fourth-order valence-electron chi connectivity index (χ4n) is 3.10. The minimum atomic E-state index is -0.236. The van der Waals surface area contributed by atoms with Crippen molar-refractivity contribution in [3.63, 3.8) is 0 Å². The molecule has 0 radical (unpaired) electrons. The highest BCUT2D eigenvalue weighted by molar-refractivity contribution is 5.74. The lowest BCUT2D eigenvalue weighted by atomic mass is 9.90. The molecule has 0 saturated heterocycles. The number of hydrogen-bond donors (Lipinski definition) is 0. The number of fused-ring (bicyclic) bond motifs is 2. The topological polar surface area (TPSA) is 44.8 Å². The van der Waals surface area contributed by atoms with Crippen molar-refractivity contribution in [1.82, 2.24) is 0 Å². The van der Waals surface area contributed by atoms with Gasteiger partial charge in [-0.25, -0.2) is 0 Å². The van der Waals surface area contributed by atoms with Crippen LogP contribution in [0.2, 0.25) is 0 Å². The van der Waals surface area contributed by atoms with Gasteiger partial charge in [-0.1, -0.05) is 12.2 Å². The molecule has 4 atom stereocenters. The molecule has 2 rings (SSSR count). The molecule has 2 aliphatic rings. The zero-order valence-corrected chi connectivity index (χ0v) is 9.88. The lowest BCUT2D eigenvalue weighted by molar-refractivity contribution is -0.153. The van der Waals surface area contributed by atoms with E-state index < -0.39 is 0 Å². The predicted octanol–water partition coefficient (Wildman–Crippen LogP) is 1.22. The maximum atomic E-state index is 11.6. The molecule has 1 fully saturated rings. The molecule has 2 aliphatic carbocycles. The molecule has 1 saturated carbocycles. The summed E-state index contributed by atoms with van der Waals surface area (Å²) in [6, 6.07) is 0. The second-order valence-corrected chi connectivity index (χ2v) is 4.41. The van der Waals surface area contributed by atoms with Gasteiger partial charge in [0.05, 0.1) is 13.0 Å². The van der Waals surface area contributed by atoms with E-state index in [2.05, 4.69) is 12.2 Å².